The van der Waals surface area contributed by atoms with Gasteiger partial charge in [-0.05, 0) is 13.0 Å². The molecular weight excluding hydrogens is 248 g/mol. The van der Waals surface area contributed by atoms with Gasteiger partial charge in [-0.1, -0.05) is 18.2 Å². The Kier molecular flexibility index (Phi) is 3.89. The normalized spacial score (nSPS) is 18.7. The van der Waals surface area contributed by atoms with Gasteiger partial charge in [0.25, 0.3) is 0 Å². The van der Waals surface area contributed by atoms with Crippen LogP contribution in [0.4, 0.5) is 4.79 Å². The zero-order valence-corrected chi connectivity index (χ0v) is 10.6. The fourth-order valence-electron chi connectivity index (χ4n) is 1.95. The molecule has 2 atom stereocenters. The first-order valence-corrected chi connectivity index (χ1v) is 6.09. The molecule has 1 unspecified atom stereocenters. The van der Waals surface area contributed by atoms with Crippen molar-refractivity contribution in [3.05, 3.63) is 29.8 Å². The molecule has 1 aromatic carbocycles. The van der Waals surface area contributed by atoms with Gasteiger partial charge >= 0.3 is 12.0 Å². The van der Waals surface area contributed by atoms with Crippen LogP contribution in [0.5, 0.6) is 5.75 Å². The number of amides is 2. The lowest BCUT2D eigenvalue weighted by Crippen LogP contribution is -2.46. The Morgan fingerprint density at radius 3 is 2.89 bits per heavy atom. The Hall–Kier alpha value is -2.24. The first-order valence-electron chi connectivity index (χ1n) is 6.09. The van der Waals surface area contributed by atoms with Crippen LogP contribution in [0.2, 0.25) is 0 Å². The molecule has 0 bridgehead atoms. The standard InChI is InChI=1S/C13H16N2O4/c1-8(12(16)17)14-13(18)15-10-6-7-19-11-5-3-2-4-9(10)11/h2-5,8,10H,6-7H2,1H3,(H,16,17)(H2,14,15,18)/t8-,10?/m0/s1. The van der Waals surface area contributed by atoms with Crippen LogP contribution in [0.25, 0.3) is 0 Å². The van der Waals surface area contributed by atoms with Crippen LogP contribution < -0.4 is 15.4 Å². The lowest BCUT2D eigenvalue weighted by atomic mass is 10.0. The number of para-hydroxylation sites is 1. The van der Waals surface area contributed by atoms with E-state index in [0.29, 0.717) is 13.0 Å². The molecule has 1 aromatic rings. The van der Waals surface area contributed by atoms with Gasteiger partial charge < -0.3 is 20.5 Å². The molecule has 2 amide bonds. The average molecular weight is 264 g/mol. The SMILES string of the molecule is C[C@H](NC(=O)NC1CCOc2ccccc21)C(=O)O. The molecule has 0 radical (unpaired) electrons. The predicted octanol–water partition coefficient (Wildman–Crippen LogP) is 1.28. The second-order valence-corrected chi connectivity index (χ2v) is 4.41. The third kappa shape index (κ3) is 3.15. The summed E-state index contributed by atoms with van der Waals surface area (Å²) < 4.78 is 5.49. The van der Waals surface area contributed by atoms with E-state index in [1.807, 2.05) is 24.3 Å². The molecule has 102 valence electrons. The van der Waals surface area contributed by atoms with Crippen molar-refractivity contribution in [1.82, 2.24) is 10.6 Å². The molecule has 2 rings (SSSR count). The maximum Gasteiger partial charge on any atom is 0.325 e. The van der Waals surface area contributed by atoms with E-state index in [1.54, 1.807) is 0 Å². The van der Waals surface area contributed by atoms with Crippen LogP contribution in [0, 0.1) is 0 Å². The van der Waals surface area contributed by atoms with Crippen LogP contribution in [0.1, 0.15) is 24.9 Å². The number of carbonyl (C=O) groups is 2. The highest BCUT2D eigenvalue weighted by atomic mass is 16.5. The van der Waals surface area contributed by atoms with Crippen molar-refractivity contribution < 1.29 is 19.4 Å². The third-order valence-electron chi connectivity index (χ3n) is 2.98. The van der Waals surface area contributed by atoms with E-state index in [0.717, 1.165) is 11.3 Å². The van der Waals surface area contributed by atoms with Crippen molar-refractivity contribution in [3.63, 3.8) is 0 Å². The summed E-state index contributed by atoms with van der Waals surface area (Å²) in [6, 6.07) is 5.91. The molecule has 0 fully saturated rings. The van der Waals surface area contributed by atoms with E-state index in [-0.39, 0.29) is 6.04 Å². The van der Waals surface area contributed by atoms with E-state index in [1.165, 1.54) is 6.92 Å². The summed E-state index contributed by atoms with van der Waals surface area (Å²) in [5, 5.41) is 13.9. The molecule has 0 spiro atoms. The molecular formula is C13H16N2O4. The number of urea groups is 1. The Morgan fingerprint density at radius 1 is 1.42 bits per heavy atom. The van der Waals surface area contributed by atoms with E-state index < -0.39 is 18.0 Å². The molecule has 1 aliphatic rings. The van der Waals surface area contributed by atoms with Gasteiger partial charge in [-0.15, -0.1) is 0 Å². The summed E-state index contributed by atoms with van der Waals surface area (Å²) in [5.41, 5.74) is 0.909. The first kappa shape index (κ1) is 13.2. The smallest absolute Gasteiger partial charge is 0.325 e. The number of nitrogens with one attached hydrogen (secondary N) is 2. The number of hydrogen-bond acceptors (Lipinski definition) is 3. The number of aliphatic carboxylic acids is 1. The number of carbonyl (C=O) groups excluding carboxylic acids is 1. The Morgan fingerprint density at radius 2 is 2.16 bits per heavy atom. The van der Waals surface area contributed by atoms with Crippen molar-refractivity contribution in [2.75, 3.05) is 6.61 Å². The molecule has 0 saturated carbocycles. The third-order valence-corrected chi connectivity index (χ3v) is 2.98. The lowest BCUT2D eigenvalue weighted by molar-refractivity contribution is -0.138. The van der Waals surface area contributed by atoms with Crippen LogP contribution in [-0.4, -0.2) is 29.8 Å². The Balaban J connectivity index is 2.01. The molecule has 0 aliphatic carbocycles. The lowest BCUT2D eigenvalue weighted by Gasteiger charge is -2.27. The van der Waals surface area contributed by atoms with Crippen molar-refractivity contribution in [2.45, 2.75) is 25.4 Å². The molecule has 0 saturated heterocycles. The highest BCUT2D eigenvalue weighted by Crippen LogP contribution is 2.31. The first-order chi connectivity index (χ1) is 9.08. The highest BCUT2D eigenvalue weighted by Gasteiger charge is 2.23. The molecule has 0 aromatic heterocycles. The topological polar surface area (TPSA) is 87.7 Å². The number of fused-ring (bicyclic) bond motifs is 1. The summed E-state index contributed by atoms with van der Waals surface area (Å²) in [5.74, 6) is -0.312. The summed E-state index contributed by atoms with van der Waals surface area (Å²) in [6.07, 6.45) is 0.659. The van der Waals surface area contributed by atoms with E-state index in [2.05, 4.69) is 10.6 Å². The minimum atomic E-state index is -1.07. The Bertz CT molecular complexity index is 489. The van der Waals surface area contributed by atoms with Gasteiger partial charge in [-0.3, -0.25) is 4.79 Å². The number of carboxylic acids is 1. The average Bonchev–Trinajstić information content (AvgIpc) is 2.39. The van der Waals surface area contributed by atoms with Crippen molar-refractivity contribution in [3.8, 4) is 5.75 Å². The van der Waals surface area contributed by atoms with Gasteiger partial charge in [0, 0.05) is 12.0 Å². The number of ether oxygens (including phenoxy) is 1. The van der Waals surface area contributed by atoms with Crippen LogP contribution >= 0.6 is 0 Å². The maximum atomic E-state index is 11.7. The molecule has 1 heterocycles. The monoisotopic (exact) mass is 264 g/mol. The molecule has 19 heavy (non-hydrogen) atoms. The predicted molar refractivity (Wildman–Crippen MR) is 68.1 cm³/mol. The minimum absolute atomic E-state index is 0.161. The van der Waals surface area contributed by atoms with Crippen LogP contribution in [-0.2, 0) is 4.79 Å². The van der Waals surface area contributed by atoms with Crippen LogP contribution in [0.15, 0.2) is 24.3 Å². The van der Waals surface area contributed by atoms with Crippen LogP contribution in [0.3, 0.4) is 0 Å². The van der Waals surface area contributed by atoms with E-state index in [9.17, 15) is 9.59 Å². The molecule has 6 heteroatoms. The quantitative estimate of drug-likeness (QED) is 0.767. The van der Waals surface area contributed by atoms with Gasteiger partial charge in [0.05, 0.1) is 12.6 Å². The molecule has 1 aliphatic heterocycles. The van der Waals surface area contributed by atoms with Crippen molar-refractivity contribution in [1.29, 1.82) is 0 Å². The van der Waals surface area contributed by atoms with Gasteiger partial charge in [0.2, 0.25) is 0 Å². The fraction of sp³-hybridized carbons (Fsp3) is 0.385. The van der Waals surface area contributed by atoms with Gasteiger partial charge in [0.15, 0.2) is 0 Å². The van der Waals surface area contributed by atoms with Crippen molar-refractivity contribution in [2.24, 2.45) is 0 Å². The number of rotatable bonds is 3. The molecule has 6 nitrogen and oxygen atoms in total. The number of benzene rings is 1. The van der Waals surface area contributed by atoms with E-state index >= 15 is 0 Å². The summed E-state index contributed by atoms with van der Waals surface area (Å²) in [6.45, 7) is 1.94. The minimum Gasteiger partial charge on any atom is -0.493 e. The summed E-state index contributed by atoms with van der Waals surface area (Å²) >= 11 is 0. The summed E-state index contributed by atoms with van der Waals surface area (Å²) in [7, 11) is 0. The fourth-order valence-corrected chi connectivity index (χ4v) is 1.95. The van der Waals surface area contributed by atoms with Gasteiger partial charge in [-0.25, -0.2) is 4.79 Å². The summed E-state index contributed by atoms with van der Waals surface area (Å²) in [4.78, 5) is 22.4. The second-order valence-electron chi connectivity index (χ2n) is 4.41. The van der Waals surface area contributed by atoms with Gasteiger partial charge in [0.1, 0.15) is 11.8 Å². The largest absolute Gasteiger partial charge is 0.493 e. The Labute approximate surface area is 110 Å². The highest BCUT2D eigenvalue weighted by molar-refractivity contribution is 5.82. The maximum absolute atomic E-state index is 11.7. The van der Waals surface area contributed by atoms with E-state index in [4.69, 9.17) is 9.84 Å². The second kappa shape index (κ2) is 5.60. The van der Waals surface area contributed by atoms with Crippen molar-refractivity contribution >= 4 is 12.0 Å². The number of carboxylic acid groups (broad SMARTS) is 1. The molecule has 3 N–H and O–H groups in total. The zero-order chi connectivity index (χ0) is 13.8. The zero-order valence-electron chi connectivity index (χ0n) is 10.6. The van der Waals surface area contributed by atoms with Gasteiger partial charge in [-0.2, -0.15) is 0 Å². The number of hydrogen-bond donors (Lipinski definition) is 3.